The van der Waals surface area contributed by atoms with Crippen molar-refractivity contribution in [1.29, 1.82) is 0 Å². The van der Waals surface area contributed by atoms with E-state index in [0.717, 1.165) is 24.3 Å². The van der Waals surface area contributed by atoms with Gasteiger partial charge in [0.25, 0.3) is 5.91 Å². The van der Waals surface area contributed by atoms with Gasteiger partial charge in [0.1, 0.15) is 5.82 Å². The molecule has 2 aromatic carbocycles. The zero-order valence-corrected chi connectivity index (χ0v) is 15.1. The highest BCUT2D eigenvalue weighted by Crippen LogP contribution is 2.34. The summed E-state index contributed by atoms with van der Waals surface area (Å²) in [6, 6.07) is 8.97. The van der Waals surface area contributed by atoms with E-state index < -0.39 is 39.2 Å². The van der Waals surface area contributed by atoms with Gasteiger partial charge in [-0.05, 0) is 36.4 Å². The number of benzene rings is 2. The van der Waals surface area contributed by atoms with Gasteiger partial charge < -0.3 is 5.32 Å². The molecule has 1 aromatic heterocycles. The number of alkyl halides is 3. The van der Waals surface area contributed by atoms with E-state index in [1.165, 1.54) is 24.3 Å². The van der Waals surface area contributed by atoms with E-state index in [9.17, 15) is 30.8 Å². The molecule has 0 aliphatic rings. The first-order valence-corrected chi connectivity index (χ1v) is 9.37. The lowest BCUT2D eigenvalue weighted by atomic mass is 10.2. The maximum atomic E-state index is 13.6. The average molecular weight is 428 g/mol. The van der Waals surface area contributed by atoms with Crippen molar-refractivity contribution in [3.8, 4) is 5.69 Å². The summed E-state index contributed by atoms with van der Waals surface area (Å²) in [4.78, 5) is 12.1. The molecule has 1 amide bonds. The van der Waals surface area contributed by atoms with E-state index in [1.807, 2.05) is 0 Å². The molecule has 0 aliphatic carbocycles. The van der Waals surface area contributed by atoms with Gasteiger partial charge in [0.2, 0.25) is 10.0 Å². The van der Waals surface area contributed by atoms with Gasteiger partial charge >= 0.3 is 6.18 Å². The monoisotopic (exact) mass is 428 g/mol. The van der Waals surface area contributed by atoms with Crippen molar-refractivity contribution in [3.63, 3.8) is 0 Å². The van der Waals surface area contributed by atoms with Crippen molar-refractivity contribution in [2.24, 2.45) is 5.14 Å². The van der Waals surface area contributed by atoms with E-state index in [-0.39, 0.29) is 16.3 Å². The molecule has 3 N–H and O–H groups in total. The van der Waals surface area contributed by atoms with E-state index in [4.69, 9.17) is 5.14 Å². The molecule has 0 aliphatic heterocycles. The Morgan fingerprint density at radius 2 is 1.79 bits per heavy atom. The second-order valence-corrected chi connectivity index (χ2v) is 7.38. The number of aromatic nitrogens is 2. The van der Waals surface area contributed by atoms with Crippen LogP contribution in [0.2, 0.25) is 0 Å². The SMILES string of the molecule is NS(=O)(=O)c1cccc(NC(=O)c2cnn(-c3cccc(F)c3)c2C(F)(F)F)c1. The van der Waals surface area contributed by atoms with Crippen LogP contribution in [0.3, 0.4) is 0 Å². The molecule has 29 heavy (non-hydrogen) atoms. The molecule has 0 saturated carbocycles. The van der Waals surface area contributed by atoms with Gasteiger partial charge in [0, 0.05) is 5.69 Å². The third-order valence-corrected chi connectivity index (χ3v) is 4.67. The minimum atomic E-state index is -4.99. The standard InChI is InChI=1S/C17H12F4N4O3S/c18-10-3-1-5-12(7-10)25-15(17(19,20)21)14(9-23-25)16(26)24-11-4-2-6-13(8-11)29(22,27)28/h1-9H,(H,24,26)(H2,22,27,28). The van der Waals surface area contributed by atoms with E-state index >= 15 is 0 Å². The van der Waals surface area contributed by atoms with Crippen molar-refractivity contribution < 1.29 is 30.8 Å². The minimum Gasteiger partial charge on any atom is -0.322 e. The zero-order valence-electron chi connectivity index (χ0n) is 14.3. The highest BCUT2D eigenvalue weighted by atomic mass is 32.2. The zero-order chi connectivity index (χ0) is 21.4. The summed E-state index contributed by atoms with van der Waals surface area (Å²) >= 11 is 0. The highest BCUT2D eigenvalue weighted by Gasteiger charge is 2.40. The first kappa shape index (κ1) is 20.5. The van der Waals surface area contributed by atoms with Crippen LogP contribution >= 0.6 is 0 Å². The quantitative estimate of drug-likeness (QED) is 0.623. The Hall–Kier alpha value is -3.25. The lowest BCUT2D eigenvalue weighted by Gasteiger charge is -2.13. The Balaban J connectivity index is 2.02. The van der Waals surface area contributed by atoms with Gasteiger partial charge in [-0.3, -0.25) is 4.79 Å². The van der Waals surface area contributed by atoms with Crippen LogP contribution in [0.5, 0.6) is 0 Å². The molecule has 7 nitrogen and oxygen atoms in total. The molecule has 12 heteroatoms. The van der Waals surface area contributed by atoms with Crippen LogP contribution in [0, 0.1) is 5.82 Å². The predicted octanol–water partition coefficient (Wildman–Crippen LogP) is 2.93. The Kier molecular flexibility index (Phi) is 5.15. The van der Waals surface area contributed by atoms with Gasteiger partial charge in [-0.1, -0.05) is 12.1 Å². The van der Waals surface area contributed by atoms with Crippen molar-refractivity contribution >= 4 is 21.6 Å². The number of sulfonamides is 1. The number of hydrogen-bond acceptors (Lipinski definition) is 4. The van der Waals surface area contributed by atoms with Crippen molar-refractivity contribution in [2.45, 2.75) is 11.1 Å². The number of nitrogens with two attached hydrogens (primary N) is 1. The largest absolute Gasteiger partial charge is 0.434 e. The molecule has 0 atom stereocenters. The molecule has 3 rings (SSSR count). The number of amides is 1. The molecule has 3 aromatic rings. The maximum Gasteiger partial charge on any atom is 0.434 e. The number of nitrogens with zero attached hydrogens (tertiary/aromatic N) is 2. The molecule has 0 bridgehead atoms. The number of nitrogens with one attached hydrogen (secondary N) is 1. The molecule has 0 radical (unpaired) electrons. The third-order valence-electron chi connectivity index (χ3n) is 3.76. The summed E-state index contributed by atoms with van der Waals surface area (Å²) in [5.74, 6) is -1.97. The predicted molar refractivity (Wildman–Crippen MR) is 94.3 cm³/mol. The number of primary sulfonamides is 1. The molecule has 0 spiro atoms. The maximum absolute atomic E-state index is 13.6. The summed E-state index contributed by atoms with van der Waals surface area (Å²) in [6.45, 7) is 0. The topological polar surface area (TPSA) is 107 Å². The minimum absolute atomic E-state index is 0.0897. The highest BCUT2D eigenvalue weighted by molar-refractivity contribution is 7.89. The summed E-state index contributed by atoms with van der Waals surface area (Å²) in [7, 11) is -4.08. The summed E-state index contributed by atoms with van der Waals surface area (Å²) in [5.41, 5.74) is -2.56. The van der Waals surface area contributed by atoms with E-state index in [0.29, 0.717) is 10.9 Å². The molecule has 1 heterocycles. The van der Waals surface area contributed by atoms with Crippen LogP contribution < -0.4 is 10.5 Å². The van der Waals surface area contributed by atoms with Gasteiger partial charge in [-0.25, -0.2) is 22.6 Å². The molecular weight excluding hydrogens is 416 g/mol. The summed E-state index contributed by atoms with van der Waals surface area (Å²) in [5, 5.41) is 10.7. The molecule has 0 saturated heterocycles. The number of hydrogen-bond donors (Lipinski definition) is 2. The van der Waals surface area contributed by atoms with Crippen LogP contribution in [0.1, 0.15) is 16.1 Å². The Morgan fingerprint density at radius 1 is 1.10 bits per heavy atom. The van der Waals surface area contributed by atoms with Crippen LogP contribution in [0.25, 0.3) is 5.69 Å². The Labute approximate surface area is 161 Å². The van der Waals surface area contributed by atoms with Gasteiger partial charge in [-0.15, -0.1) is 0 Å². The van der Waals surface area contributed by atoms with E-state index in [2.05, 4.69) is 10.4 Å². The van der Waals surface area contributed by atoms with Gasteiger partial charge in [0.05, 0.1) is 22.3 Å². The van der Waals surface area contributed by atoms with Gasteiger partial charge in [-0.2, -0.15) is 18.3 Å². The second-order valence-electron chi connectivity index (χ2n) is 5.82. The molecule has 0 unspecified atom stereocenters. The average Bonchev–Trinajstić information content (AvgIpc) is 3.07. The fourth-order valence-electron chi connectivity index (χ4n) is 2.54. The fourth-order valence-corrected chi connectivity index (χ4v) is 3.10. The number of carbonyl (C=O) groups excluding carboxylic acids is 1. The smallest absolute Gasteiger partial charge is 0.322 e. The molecule has 152 valence electrons. The fraction of sp³-hybridized carbons (Fsp3) is 0.0588. The lowest BCUT2D eigenvalue weighted by Crippen LogP contribution is -2.21. The number of rotatable bonds is 4. The number of carbonyl (C=O) groups is 1. The molecular formula is C17H12F4N4O3S. The van der Waals surface area contributed by atoms with Crippen LogP contribution in [-0.4, -0.2) is 24.1 Å². The second kappa shape index (κ2) is 7.29. The summed E-state index contributed by atoms with van der Waals surface area (Å²) in [6.07, 6.45) is -4.30. The first-order chi connectivity index (χ1) is 13.5. The van der Waals surface area contributed by atoms with Crippen LogP contribution in [0.15, 0.2) is 59.6 Å². The number of anilines is 1. The van der Waals surface area contributed by atoms with Crippen LogP contribution in [-0.2, 0) is 16.2 Å². The van der Waals surface area contributed by atoms with E-state index in [1.54, 1.807) is 0 Å². The first-order valence-electron chi connectivity index (χ1n) is 7.82. The number of halogens is 4. The Bertz CT molecular complexity index is 1190. The van der Waals surface area contributed by atoms with Crippen LogP contribution in [0.4, 0.5) is 23.2 Å². The van der Waals surface area contributed by atoms with Gasteiger partial charge in [0.15, 0.2) is 5.69 Å². The lowest BCUT2D eigenvalue weighted by molar-refractivity contribution is -0.143. The summed E-state index contributed by atoms with van der Waals surface area (Å²) < 4.78 is 77.4. The van der Waals surface area contributed by atoms with Crippen molar-refractivity contribution in [2.75, 3.05) is 5.32 Å². The normalized spacial score (nSPS) is 12.0. The Morgan fingerprint density at radius 3 is 2.41 bits per heavy atom. The van der Waals surface area contributed by atoms with Crippen molar-refractivity contribution in [3.05, 3.63) is 71.8 Å². The van der Waals surface area contributed by atoms with Crippen molar-refractivity contribution in [1.82, 2.24) is 9.78 Å². The third kappa shape index (κ3) is 4.43. The molecule has 0 fully saturated rings.